The SMILES string of the molecule is CC/C=C\C/C=C\C/C=C\C/C=C\CCCCC(=O)OCC(COP(=O)(O)OCC(O)COP(=O)(O)OCC(COC(=O)CCCCCCCCC/C=C\C/C=C\C/C=C\CC)OC(=O)CCCCCCC/C=C\C/C=C\CCCCC)OC(=O)CCCCCCC/C=C\CCCCCCCC. The number of hydrogen-bond donors (Lipinski definition) is 3. The van der Waals surface area contributed by atoms with Gasteiger partial charge in [-0.3, -0.25) is 37.3 Å². The Kier molecular flexibility index (Phi) is 71.4. The fourth-order valence-corrected chi connectivity index (χ4v) is 11.9. The van der Waals surface area contributed by atoms with Gasteiger partial charge in [-0.15, -0.1) is 0 Å². The van der Waals surface area contributed by atoms with Crippen molar-refractivity contribution in [1.82, 2.24) is 0 Å². The Morgan fingerprint density at radius 2 is 0.510 bits per heavy atom. The van der Waals surface area contributed by atoms with Crippen LogP contribution in [-0.4, -0.2) is 96.7 Å². The molecule has 5 unspecified atom stereocenters. The van der Waals surface area contributed by atoms with Crippen LogP contribution in [-0.2, 0) is 65.4 Å². The summed E-state index contributed by atoms with van der Waals surface area (Å²) in [5.41, 5.74) is 0. The first kappa shape index (κ1) is 97.5. The van der Waals surface area contributed by atoms with Gasteiger partial charge in [0.1, 0.15) is 19.3 Å². The summed E-state index contributed by atoms with van der Waals surface area (Å²) >= 11 is 0. The van der Waals surface area contributed by atoms with E-state index in [4.69, 9.17) is 37.0 Å². The molecule has 0 aromatic heterocycles. The molecule has 0 aliphatic rings. The molecule has 0 rings (SSSR count). The number of aliphatic hydroxyl groups excluding tert-OH is 1. The van der Waals surface area contributed by atoms with Gasteiger partial charge in [0, 0.05) is 25.7 Å². The first-order valence-corrected chi connectivity index (χ1v) is 42.8. The van der Waals surface area contributed by atoms with Crippen LogP contribution in [0.5, 0.6) is 0 Å². The van der Waals surface area contributed by atoms with Gasteiger partial charge in [0.25, 0.3) is 0 Å². The molecule has 586 valence electrons. The van der Waals surface area contributed by atoms with E-state index in [0.29, 0.717) is 25.7 Å². The molecule has 102 heavy (non-hydrogen) atoms. The van der Waals surface area contributed by atoms with Gasteiger partial charge in [0.2, 0.25) is 0 Å². The highest BCUT2D eigenvalue weighted by Gasteiger charge is 2.30. The maximum atomic E-state index is 13.1. The molecule has 0 aliphatic carbocycles. The minimum Gasteiger partial charge on any atom is -0.462 e. The molecular formula is C83H142O17P2. The van der Waals surface area contributed by atoms with E-state index in [1.54, 1.807) is 0 Å². The van der Waals surface area contributed by atoms with Gasteiger partial charge >= 0.3 is 39.5 Å². The molecule has 3 N–H and O–H groups in total. The van der Waals surface area contributed by atoms with Crippen molar-refractivity contribution in [2.75, 3.05) is 39.6 Å². The minimum absolute atomic E-state index is 0.0740. The summed E-state index contributed by atoms with van der Waals surface area (Å²) in [7, 11) is -9.98. The van der Waals surface area contributed by atoms with Gasteiger partial charge < -0.3 is 33.8 Å². The van der Waals surface area contributed by atoms with Crippen molar-refractivity contribution in [3.05, 3.63) is 122 Å². The zero-order valence-electron chi connectivity index (χ0n) is 64.0. The lowest BCUT2D eigenvalue weighted by Crippen LogP contribution is -2.30. The Labute approximate surface area is 619 Å². The molecule has 5 atom stereocenters. The van der Waals surface area contributed by atoms with E-state index >= 15 is 0 Å². The molecule has 19 heteroatoms. The molecule has 0 saturated heterocycles. The Hall–Kier alpha value is -4.54. The van der Waals surface area contributed by atoms with E-state index in [1.165, 1.54) is 57.8 Å². The largest absolute Gasteiger partial charge is 0.472 e. The summed E-state index contributed by atoms with van der Waals surface area (Å²) in [4.78, 5) is 73.0. The zero-order valence-corrected chi connectivity index (χ0v) is 65.8. The van der Waals surface area contributed by atoms with Crippen LogP contribution in [0.2, 0.25) is 0 Å². The van der Waals surface area contributed by atoms with E-state index in [0.717, 1.165) is 186 Å². The van der Waals surface area contributed by atoms with Gasteiger partial charge in [-0.1, -0.05) is 265 Å². The number of hydrogen-bond acceptors (Lipinski definition) is 15. The van der Waals surface area contributed by atoms with Crippen LogP contribution in [0.25, 0.3) is 0 Å². The number of allylic oxidation sites excluding steroid dienone is 20. The molecule has 0 aliphatic heterocycles. The third-order valence-corrected chi connectivity index (χ3v) is 18.3. The topological polar surface area (TPSA) is 237 Å². The lowest BCUT2D eigenvalue weighted by atomic mass is 10.1. The van der Waals surface area contributed by atoms with E-state index < -0.39 is 97.5 Å². The number of carbonyl (C=O) groups excluding carboxylic acids is 4. The number of rotatable bonds is 74. The fourth-order valence-electron chi connectivity index (χ4n) is 10.4. The van der Waals surface area contributed by atoms with Gasteiger partial charge in [0.15, 0.2) is 12.2 Å². The van der Waals surface area contributed by atoms with E-state index in [9.17, 15) is 43.2 Å². The second-order valence-electron chi connectivity index (χ2n) is 26.2. The Bertz CT molecular complexity index is 2410. The Morgan fingerprint density at radius 1 is 0.284 bits per heavy atom. The summed E-state index contributed by atoms with van der Waals surface area (Å²) < 4.78 is 68.6. The third kappa shape index (κ3) is 73.8. The molecule has 0 aromatic carbocycles. The quantitative estimate of drug-likeness (QED) is 0.0169. The van der Waals surface area contributed by atoms with Crippen molar-refractivity contribution in [2.24, 2.45) is 0 Å². The third-order valence-electron chi connectivity index (χ3n) is 16.4. The summed E-state index contributed by atoms with van der Waals surface area (Å²) in [5.74, 6) is -2.25. The number of aliphatic hydroxyl groups is 1. The van der Waals surface area contributed by atoms with Crippen LogP contribution in [0.15, 0.2) is 122 Å². The number of ether oxygens (including phenoxy) is 4. The maximum Gasteiger partial charge on any atom is 0.472 e. The normalized spacial score (nSPS) is 14.5. The monoisotopic (exact) mass is 1470 g/mol. The average Bonchev–Trinajstić information content (AvgIpc) is 0.926. The molecule has 0 radical (unpaired) electrons. The van der Waals surface area contributed by atoms with Crippen molar-refractivity contribution < 1.29 is 80.2 Å². The van der Waals surface area contributed by atoms with Crippen molar-refractivity contribution in [3.63, 3.8) is 0 Å². The summed E-state index contributed by atoms with van der Waals surface area (Å²) in [6.45, 7) is 4.56. The van der Waals surface area contributed by atoms with Gasteiger partial charge in [-0.25, -0.2) is 9.13 Å². The highest BCUT2D eigenvalue weighted by molar-refractivity contribution is 7.47. The predicted octanol–water partition coefficient (Wildman–Crippen LogP) is 23.1. The van der Waals surface area contributed by atoms with E-state index in [2.05, 4.69) is 149 Å². The van der Waals surface area contributed by atoms with Gasteiger partial charge in [-0.2, -0.15) is 0 Å². The number of phosphoric acid groups is 2. The van der Waals surface area contributed by atoms with Crippen molar-refractivity contribution in [3.8, 4) is 0 Å². The van der Waals surface area contributed by atoms with Gasteiger partial charge in [0.05, 0.1) is 26.4 Å². The summed E-state index contributed by atoms with van der Waals surface area (Å²) in [6.07, 6.45) is 81.8. The Balaban J connectivity index is 5.41. The summed E-state index contributed by atoms with van der Waals surface area (Å²) in [5, 5.41) is 10.6. The van der Waals surface area contributed by atoms with Crippen molar-refractivity contribution in [1.29, 1.82) is 0 Å². The lowest BCUT2D eigenvalue weighted by molar-refractivity contribution is -0.161. The number of phosphoric ester groups is 2. The van der Waals surface area contributed by atoms with Crippen LogP contribution in [0.4, 0.5) is 0 Å². The molecule has 0 heterocycles. The molecule has 0 fully saturated rings. The number of carbonyl (C=O) groups is 4. The first-order chi connectivity index (χ1) is 49.7. The predicted molar refractivity (Wildman–Crippen MR) is 418 cm³/mol. The fraction of sp³-hybridized carbons (Fsp3) is 0.711. The standard InChI is InChI=1S/C83H142O17P2/c1-5-9-13-17-21-25-29-33-37-38-42-44-48-52-56-60-64-68-81(86)94-74-79(100-83(88)70-66-62-58-54-50-46-41-36-32-28-24-20-16-12-8-4)76-98-102(91,92)96-72-77(84)71-95-101(89,90)97-75-78(99-82(87)69-65-61-57-53-49-45-40-35-31-27-23-19-15-11-7-3)73-93-80(85)67-63-59-55-51-47-43-39-34-30-26-22-18-14-10-6-2/h9-10,13-14,21-22,24-26,28,33-37,39-41,47,51,77-79,84H,5-8,11-12,15-20,23,27,29-32,38,42-46,48-50,52-76H2,1-4H3,(H,89,90)(H,91,92)/b13-9-,14-10-,25-21-,26-22-,28-24-,37-33-,39-34-,40-35-,41-36-,51-47-. The molecule has 17 nitrogen and oxygen atoms in total. The second-order valence-corrected chi connectivity index (χ2v) is 29.1. The highest BCUT2D eigenvalue weighted by atomic mass is 31.2. The Morgan fingerprint density at radius 3 is 0.833 bits per heavy atom. The van der Waals surface area contributed by atoms with Crippen molar-refractivity contribution >= 4 is 39.5 Å². The van der Waals surface area contributed by atoms with Crippen LogP contribution in [0, 0.1) is 0 Å². The van der Waals surface area contributed by atoms with E-state index in [1.807, 2.05) is 0 Å². The minimum atomic E-state index is -4.99. The molecule has 0 bridgehead atoms. The maximum absolute atomic E-state index is 13.1. The van der Waals surface area contributed by atoms with Crippen molar-refractivity contribution in [2.45, 2.75) is 341 Å². The van der Waals surface area contributed by atoms with Crippen LogP contribution >= 0.6 is 15.6 Å². The number of esters is 4. The first-order valence-electron chi connectivity index (χ1n) is 39.8. The molecule has 0 amide bonds. The molecular weight excluding hydrogens is 1330 g/mol. The van der Waals surface area contributed by atoms with Crippen LogP contribution in [0.1, 0.15) is 323 Å². The molecule has 0 saturated carbocycles. The van der Waals surface area contributed by atoms with Crippen LogP contribution < -0.4 is 0 Å². The van der Waals surface area contributed by atoms with Gasteiger partial charge in [-0.05, 0) is 154 Å². The zero-order chi connectivity index (χ0) is 74.6. The second kappa shape index (κ2) is 74.7. The van der Waals surface area contributed by atoms with Crippen LogP contribution in [0.3, 0.4) is 0 Å². The lowest BCUT2D eigenvalue weighted by Gasteiger charge is -2.21. The van der Waals surface area contributed by atoms with E-state index in [-0.39, 0.29) is 25.7 Å². The smallest absolute Gasteiger partial charge is 0.462 e. The average molecular weight is 1470 g/mol. The molecule has 0 spiro atoms. The summed E-state index contributed by atoms with van der Waals surface area (Å²) in [6, 6.07) is 0. The number of unbranched alkanes of at least 4 members (excludes halogenated alkanes) is 28. The molecule has 0 aromatic rings. The highest BCUT2D eigenvalue weighted by Crippen LogP contribution is 2.45.